The predicted octanol–water partition coefficient (Wildman–Crippen LogP) is 6.39. The number of methoxy groups -OCH3 is 1. The lowest BCUT2D eigenvalue weighted by molar-refractivity contribution is 0.414. The standard InChI is InChI=1S/C29H34N4O.ClH/c1-5-17-32(18-16-22-10-7-6-8-11-22)29-25-12-9-13-26(25)30-28-27(21(3)31-33(28)29)24-15-14-23(34-4)19-20(24)2;/h6-8,10-11,14-15,19H,5,9,12-13,16-18H2,1-4H3;1H. The summed E-state index contributed by atoms with van der Waals surface area (Å²) in [7, 11) is 1.71. The van der Waals surface area contributed by atoms with Crippen molar-refractivity contribution in [2.75, 3.05) is 25.1 Å². The van der Waals surface area contributed by atoms with E-state index in [2.05, 4.69) is 72.7 Å². The fourth-order valence-corrected chi connectivity index (χ4v) is 5.30. The Kier molecular flexibility index (Phi) is 7.66. The normalized spacial score (nSPS) is 12.5. The second-order valence-corrected chi connectivity index (χ2v) is 9.31. The van der Waals surface area contributed by atoms with Gasteiger partial charge in [0.1, 0.15) is 11.6 Å². The molecule has 0 saturated heterocycles. The molecule has 6 heteroatoms. The summed E-state index contributed by atoms with van der Waals surface area (Å²) in [5, 5.41) is 5.09. The highest BCUT2D eigenvalue weighted by atomic mass is 35.5. The van der Waals surface area contributed by atoms with Gasteiger partial charge >= 0.3 is 0 Å². The molecule has 0 N–H and O–H groups in total. The molecule has 2 aromatic heterocycles. The minimum atomic E-state index is 0. The van der Waals surface area contributed by atoms with Gasteiger partial charge in [-0.2, -0.15) is 9.61 Å². The molecule has 1 aliphatic carbocycles. The van der Waals surface area contributed by atoms with Crippen LogP contribution < -0.4 is 9.64 Å². The predicted molar refractivity (Wildman–Crippen MR) is 146 cm³/mol. The maximum Gasteiger partial charge on any atom is 0.165 e. The van der Waals surface area contributed by atoms with Crippen LogP contribution in [0.3, 0.4) is 0 Å². The fraction of sp³-hybridized carbons (Fsp3) is 0.379. The van der Waals surface area contributed by atoms with Gasteiger partial charge in [0.05, 0.1) is 12.8 Å². The van der Waals surface area contributed by atoms with Crippen molar-refractivity contribution in [2.24, 2.45) is 0 Å². The maximum atomic E-state index is 5.44. The van der Waals surface area contributed by atoms with Crippen molar-refractivity contribution in [1.29, 1.82) is 0 Å². The molecule has 0 atom stereocenters. The molecule has 35 heavy (non-hydrogen) atoms. The summed E-state index contributed by atoms with van der Waals surface area (Å²) in [6, 6.07) is 17.1. The van der Waals surface area contributed by atoms with Crippen LogP contribution in [0.2, 0.25) is 0 Å². The van der Waals surface area contributed by atoms with Crippen molar-refractivity contribution in [1.82, 2.24) is 14.6 Å². The maximum absolute atomic E-state index is 5.44. The molecule has 0 spiro atoms. The Morgan fingerprint density at radius 3 is 2.54 bits per heavy atom. The molecule has 0 radical (unpaired) electrons. The first-order valence-electron chi connectivity index (χ1n) is 12.5. The molecular weight excluding hydrogens is 456 g/mol. The number of benzene rings is 2. The molecule has 0 unspecified atom stereocenters. The second kappa shape index (κ2) is 10.7. The number of aromatic nitrogens is 3. The van der Waals surface area contributed by atoms with Crippen molar-refractivity contribution in [2.45, 2.75) is 52.9 Å². The number of fused-ring (bicyclic) bond motifs is 2. The highest BCUT2D eigenvalue weighted by Gasteiger charge is 2.27. The number of anilines is 1. The van der Waals surface area contributed by atoms with E-state index in [4.69, 9.17) is 14.8 Å². The second-order valence-electron chi connectivity index (χ2n) is 9.31. The Bertz CT molecular complexity index is 1320. The third kappa shape index (κ3) is 4.74. The monoisotopic (exact) mass is 490 g/mol. The average Bonchev–Trinajstić information content (AvgIpc) is 3.44. The van der Waals surface area contributed by atoms with Crippen LogP contribution >= 0.6 is 12.4 Å². The van der Waals surface area contributed by atoms with E-state index in [1.807, 2.05) is 6.07 Å². The number of hydrogen-bond donors (Lipinski definition) is 0. The summed E-state index contributed by atoms with van der Waals surface area (Å²) < 4.78 is 7.58. The topological polar surface area (TPSA) is 42.7 Å². The minimum absolute atomic E-state index is 0. The van der Waals surface area contributed by atoms with Crippen LogP contribution in [0.15, 0.2) is 48.5 Å². The summed E-state index contributed by atoms with van der Waals surface area (Å²) in [6.45, 7) is 8.48. The van der Waals surface area contributed by atoms with Crippen LogP contribution in [0.5, 0.6) is 5.75 Å². The van der Waals surface area contributed by atoms with Gasteiger partial charge in [-0.05, 0) is 74.8 Å². The molecule has 0 bridgehead atoms. The first-order chi connectivity index (χ1) is 16.6. The lowest BCUT2D eigenvalue weighted by Gasteiger charge is -2.27. The van der Waals surface area contributed by atoms with Gasteiger partial charge in [0.25, 0.3) is 0 Å². The summed E-state index contributed by atoms with van der Waals surface area (Å²) >= 11 is 0. The molecule has 0 amide bonds. The summed E-state index contributed by atoms with van der Waals surface area (Å²) in [4.78, 5) is 7.75. The Morgan fingerprint density at radius 1 is 1.03 bits per heavy atom. The largest absolute Gasteiger partial charge is 0.497 e. The zero-order chi connectivity index (χ0) is 23.7. The first-order valence-corrected chi connectivity index (χ1v) is 12.5. The number of hydrogen-bond acceptors (Lipinski definition) is 4. The van der Waals surface area contributed by atoms with Gasteiger partial charge in [-0.25, -0.2) is 4.98 Å². The molecule has 1 aliphatic rings. The van der Waals surface area contributed by atoms with E-state index in [1.54, 1.807) is 7.11 Å². The van der Waals surface area contributed by atoms with Crippen LogP contribution in [-0.2, 0) is 19.3 Å². The Morgan fingerprint density at radius 2 is 1.83 bits per heavy atom. The molecule has 0 fully saturated rings. The fourth-order valence-electron chi connectivity index (χ4n) is 5.30. The summed E-state index contributed by atoms with van der Waals surface area (Å²) in [6.07, 6.45) is 5.40. The average molecular weight is 491 g/mol. The smallest absolute Gasteiger partial charge is 0.165 e. The van der Waals surface area contributed by atoms with E-state index in [-0.39, 0.29) is 12.4 Å². The number of rotatable bonds is 8. The van der Waals surface area contributed by atoms with Gasteiger partial charge in [0.15, 0.2) is 5.65 Å². The quantitative estimate of drug-likeness (QED) is 0.287. The zero-order valence-electron chi connectivity index (χ0n) is 21.2. The third-order valence-electron chi connectivity index (χ3n) is 6.95. The van der Waals surface area contributed by atoms with E-state index in [0.717, 1.165) is 67.8 Å². The van der Waals surface area contributed by atoms with E-state index < -0.39 is 0 Å². The Hall–Kier alpha value is -3.05. The van der Waals surface area contributed by atoms with Crippen molar-refractivity contribution in [3.63, 3.8) is 0 Å². The Balaban J connectivity index is 0.00000289. The molecule has 2 heterocycles. The van der Waals surface area contributed by atoms with E-state index in [0.29, 0.717) is 0 Å². The van der Waals surface area contributed by atoms with E-state index >= 15 is 0 Å². The van der Waals surface area contributed by atoms with E-state index in [1.165, 1.54) is 33.8 Å². The van der Waals surface area contributed by atoms with Crippen molar-refractivity contribution in [3.8, 4) is 16.9 Å². The molecule has 2 aromatic carbocycles. The molecule has 5 nitrogen and oxygen atoms in total. The number of halogens is 1. The highest BCUT2D eigenvalue weighted by molar-refractivity contribution is 5.85. The molecule has 184 valence electrons. The van der Waals surface area contributed by atoms with Gasteiger partial charge in [-0.1, -0.05) is 43.3 Å². The number of nitrogens with zero attached hydrogens (tertiary/aromatic N) is 4. The van der Waals surface area contributed by atoms with E-state index in [9.17, 15) is 0 Å². The number of ether oxygens (including phenoxy) is 1. The Labute approximate surface area is 214 Å². The van der Waals surface area contributed by atoms with Crippen molar-refractivity contribution < 1.29 is 4.74 Å². The minimum Gasteiger partial charge on any atom is -0.497 e. The van der Waals surface area contributed by atoms with Gasteiger partial charge in [-0.3, -0.25) is 0 Å². The van der Waals surface area contributed by atoms with Gasteiger partial charge in [0, 0.05) is 29.9 Å². The molecule has 4 aromatic rings. The zero-order valence-corrected chi connectivity index (χ0v) is 22.0. The molecule has 0 aliphatic heterocycles. The molecular formula is C29H35ClN4O. The van der Waals surface area contributed by atoms with Crippen molar-refractivity contribution >= 4 is 23.9 Å². The van der Waals surface area contributed by atoms with Crippen LogP contribution in [0.4, 0.5) is 5.82 Å². The van der Waals surface area contributed by atoms with Crippen LogP contribution in [0.25, 0.3) is 16.8 Å². The van der Waals surface area contributed by atoms with Crippen LogP contribution in [-0.4, -0.2) is 34.8 Å². The van der Waals surface area contributed by atoms with Gasteiger partial charge < -0.3 is 9.64 Å². The van der Waals surface area contributed by atoms with Crippen molar-refractivity contribution in [3.05, 3.63) is 76.6 Å². The summed E-state index contributed by atoms with van der Waals surface area (Å²) in [5.74, 6) is 2.12. The summed E-state index contributed by atoms with van der Waals surface area (Å²) in [5.41, 5.74) is 9.48. The van der Waals surface area contributed by atoms with Gasteiger partial charge in [-0.15, -0.1) is 12.4 Å². The lowest BCUT2D eigenvalue weighted by Crippen LogP contribution is -2.30. The first kappa shape index (κ1) is 25.1. The van der Waals surface area contributed by atoms with Gasteiger partial charge in [0.2, 0.25) is 0 Å². The lowest BCUT2D eigenvalue weighted by atomic mass is 10.0. The third-order valence-corrected chi connectivity index (χ3v) is 6.95. The molecule has 0 saturated carbocycles. The highest BCUT2D eigenvalue weighted by Crippen LogP contribution is 2.37. The molecule has 5 rings (SSSR count). The SMILES string of the molecule is CCCN(CCc1ccccc1)c1c2c(nc3c(-c4ccc(OC)cc4C)c(C)nn13)CCC2.Cl. The van der Waals surface area contributed by atoms with Crippen LogP contribution in [0, 0.1) is 13.8 Å². The number of aryl methyl sites for hydroxylation is 3. The van der Waals surface area contributed by atoms with Crippen LogP contribution in [0.1, 0.15) is 47.8 Å².